The van der Waals surface area contributed by atoms with Gasteiger partial charge in [0.05, 0.1) is 23.8 Å². The summed E-state index contributed by atoms with van der Waals surface area (Å²) in [5.41, 5.74) is 2.28. The van der Waals surface area contributed by atoms with E-state index in [0.717, 1.165) is 16.8 Å². The maximum Gasteiger partial charge on any atom is 0.221 e. The standard InChI is InChI=1S/C22H20N4O2/c1-22(20-13-24-14-26(20)2)17-8-7-16(12-23)19(11-17)28-18-5-3-4-15(10-18)6-9-21(27)25-22/h3-5,7-8,10-11,13-14H,6,9H2,1-2H3,(H,25,27). The lowest BCUT2D eigenvalue weighted by atomic mass is 9.87. The van der Waals surface area contributed by atoms with Crippen molar-refractivity contribution in [2.45, 2.75) is 25.3 Å². The Morgan fingerprint density at radius 3 is 2.86 bits per heavy atom. The molecule has 6 nitrogen and oxygen atoms in total. The summed E-state index contributed by atoms with van der Waals surface area (Å²) >= 11 is 0. The maximum absolute atomic E-state index is 12.8. The fourth-order valence-corrected chi connectivity index (χ4v) is 3.62. The lowest BCUT2D eigenvalue weighted by molar-refractivity contribution is -0.122. The number of rotatable bonds is 1. The van der Waals surface area contributed by atoms with E-state index in [4.69, 9.17) is 4.74 Å². The largest absolute Gasteiger partial charge is 0.456 e. The van der Waals surface area contributed by atoms with Gasteiger partial charge >= 0.3 is 0 Å². The first-order valence-electron chi connectivity index (χ1n) is 9.09. The van der Waals surface area contributed by atoms with E-state index in [0.29, 0.717) is 29.9 Å². The van der Waals surface area contributed by atoms with Crippen molar-refractivity contribution in [2.24, 2.45) is 7.05 Å². The van der Waals surface area contributed by atoms with Crippen molar-refractivity contribution < 1.29 is 9.53 Å². The van der Waals surface area contributed by atoms with E-state index in [2.05, 4.69) is 16.4 Å². The van der Waals surface area contributed by atoms with Crippen LogP contribution >= 0.6 is 0 Å². The Bertz CT molecular complexity index is 1100. The van der Waals surface area contributed by atoms with Gasteiger partial charge in [0.15, 0.2) is 0 Å². The zero-order valence-electron chi connectivity index (χ0n) is 15.8. The quantitative estimate of drug-likeness (QED) is 0.710. The van der Waals surface area contributed by atoms with Gasteiger partial charge in [0, 0.05) is 13.5 Å². The number of hydrogen-bond donors (Lipinski definition) is 1. The average molecular weight is 372 g/mol. The Morgan fingerprint density at radius 2 is 2.11 bits per heavy atom. The van der Waals surface area contributed by atoms with Crippen LogP contribution in [0.1, 0.15) is 35.7 Å². The molecular formula is C22H20N4O2. The molecule has 0 saturated carbocycles. The van der Waals surface area contributed by atoms with Gasteiger partial charge in [-0.2, -0.15) is 5.26 Å². The first-order chi connectivity index (χ1) is 13.5. The molecule has 6 heteroatoms. The lowest BCUT2D eigenvalue weighted by Crippen LogP contribution is -2.45. The van der Waals surface area contributed by atoms with Gasteiger partial charge < -0.3 is 14.6 Å². The third-order valence-electron chi connectivity index (χ3n) is 5.16. The summed E-state index contributed by atoms with van der Waals surface area (Å²) < 4.78 is 7.95. The van der Waals surface area contributed by atoms with Crippen LogP contribution in [0.5, 0.6) is 11.5 Å². The Kier molecular flexibility index (Phi) is 4.36. The molecule has 0 saturated heterocycles. The maximum atomic E-state index is 12.8. The van der Waals surface area contributed by atoms with Crippen LogP contribution in [-0.4, -0.2) is 15.5 Å². The number of benzene rings is 2. The van der Waals surface area contributed by atoms with Crippen LogP contribution in [0.2, 0.25) is 0 Å². The number of nitrogens with zero attached hydrogens (tertiary/aromatic N) is 3. The van der Waals surface area contributed by atoms with Crippen molar-refractivity contribution in [1.82, 2.24) is 14.9 Å². The van der Waals surface area contributed by atoms with Gasteiger partial charge in [0.1, 0.15) is 23.1 Å². The van der Waals surface area contributed by atoms with Gasteiger partial charge in [0.25, 0.3) is 0 Å². The second kappa shape index (κ2) is 6.86. The molecule has 0 fully saturated rings. The van der Waals surface area contributed by atoms with Crippen LogP contribution in [0, 0.1) is 11.3 Å². The number of ether oxygens (including phenoxy) is 1. The van der Waals surface area contributed by atoms with Crippen molar-refractivity contribution in [3.05, 3.63) is 77.4 Å². The molecule has 0 spiro atoms. The van der Waals surface area contributed by atoms with Gasteiger partial charge in [0.2, 0.25) is 5.91 Å². The summed E-state index contributed by atoms with van der Waals surface area (Å²) in [6, 6.07) is 15.2. The van der Waals surface area contributed by atoms with E-state index < -0.39 is 5.54 Å². The van der Waals surface area contributed by atoms with Gasteiger partial charge in [-0.15, -0.1) is 0 Å². The molecular weight excluding hydrogens is 352 g/mol. The summed E-state index contributed by atoms with van der Waals surface area (Å²) in [5, 5.41) is 12.7. The van der Waals surface area contributed by atoms with Crippen LogP contribution in [0.4, 0.5) is 0 Å². The topological polar surface area (TPSA) is 79.9 Å². The minimum atomic E-state index is -0.818. The second-order valence-corrected chi connectivity index (χ2v) is 7.14. The SMILES string of the molecule is Cn1cncc1C1(C)NC(=O)CCc2cccc(c2)Oc2cc1ccc2C#N. The molecule has 2 aromatic carbocycles. The first-order valence-corrected chi connectivity index (χ1v) is 9.09. The highest BCUT2D eigenvalue weighted by molar-refractivity contribution is 5.78. The number of amides is 1. The lowest BCUT2D eigenvalue weighted by Gasteiger charge is -2.32. The highest BCUT2D eigenvalue weighted by atomic mass is 16.5. The van der Waals surface area contributed by atoms with E-state index in [1.807, 2.05) is 54.9 Å². The summed E-state index contributed by atoms with van der Waals surface area (Å²) in [6.07, 6.45) is 4.41. The predicted octanol–water partition coefficient (Wildman–Crippen LogP) is 3.41. The highest BCUT2D eigenvalue weighted by Gasteiger charge is 2.34. The van der Waals surface area contributed by atoms with Crippen molar-refractivity contribution >= 4 is 5.91 Å². The molecule has 1 aromatic heterocycles. The molecule has 2 heterocycles. The molecule has 4 rings (SSSR count). The number of fused-ring (bicyclic) bond motifs is 4. The molecule has 28 heavy (non-hydrogen) atoms. The molecule has 1 amide bonds. The third kappa shape index (κ3) is 3.12. The molecule has 0 aliphatic carbocycles. The number of carbonyl (C=O) groups excluding carboxylic acids is 1. The summed E-state index contributed by atoms with van der Waals surface area (Å²) in [5.74, 6) is 1.05. The van der Waals surface area contributed by atoms with Gasteiger partial charge in [-0.3, -0.25) is 4.79 Å². The normalized spacial score (nSPS) is 18.8. The van der Waals surface area contributed by atoms with E-state index in [1.54, 1.807) is 18.6 Å². The molecule has 3 aromatic rings. The van der Waals surface area contributed by atoms with Crippen molar-refractivity contribution in [3.63, 3.8) is 0 Å². The summed E-state index contributed by atoms with van der Waals surface area (Å²) in [7, 11) is 1.89. The fraction of sp³-hybridized carbons (Fsp3) is 0.227. The van der Waals surface area contributed by atoms with E-state index in [-0.39, 0.29) is 5.91 Å². The van der Waals surface area contributed by atoms with Gasteiger partial charge in [-0.25, -0.2) is 4.98 Å². The number of carbonyl (C=O) groups is 1. The number of hydrogen-bond acceptors (Lipinski definition) is 4. The summed E-state index contributed by atoms with van der Waals surface area (Å²) in [4.78, 5) is 17.0. The minimum absolute atomic E-state index is 0.0542. The number of imidazole rings is 1. The predicted molar refractivity (Wildman–Crippen MR) is 104 cm³/mol. The number of aryl methyl sites for hydroxylation is 2. The van der Waals surface area contributed by atoms with Crippen LogP contribution < -0.4 is 10.1 Å². The third-order valence-corrected chi connectivity index (χ3v) is 5.16. The minimum Gasteiger partial charge on any atom is -0.456 e. The molecule has 1 unspecified atom stereocenters. The second-order valence-electron chi connectivity index (χ2n) is 7.14. The van der Waals surface area contributed by atoms with Crippen LogP contribution in [-0.2, 0) is 23.8 Å². The molecule has 140 valence electrons. The average Bonchev–Trinajstić information content (AvgIpc) is 3.12. The number of nitriles is 1. The monoisotopic (exact) mass is 372 g/mol. The Hall–Kier alpha value is -3.59. The van der Waals surface area contributed by atoms with E-state index >= 15 is 0 Å². The van der Waals surface area contributed by atoms with Crippen molar-refractivity contribution in [1.29, 1.82) is 5.26 Å². The molecule has 4 bridgehead atoms. The van der Waals surface area contributed by atoms with E-state index in [9.17, 15) is 10.1 Å². The van der Waals surface area contributed by atoms with Crippen LogP contribution in [0.15, 0.2) is 55.0 Å². The van der Waals surface area contributed by atoms with Crippen LogP contribution in [0.3, 0.4) is 0 Å². The zero-order valence-corrected chi connectivity index (χ0v) is 15.8. The fourth-order valence-electron chi connectivity index (χ4n) is 3.62. The Morgan fingerprint density at radius 1 is 1.25 bits per heavy atom. The number of aromatic nitrogens is 2. The molecule has 1 aliphatic heterocycles. The van der Waals surface area contributed by atoms with Crippen LogP contribution in [0.25, 0.3) is 0 Å². The molecule has 1 atom stereocenters. The molecule has 0 radical (unpaired) electrons. The Balaban J connectivity index is 1.92. The first kappa shape index (κ1) is 17.8. The Labute approximate surface area is 163 Å². The number of nitrogens with one attached hydrogen (secondary N) is 1. The molecule has 1 aliphatic rings. The highest BCUT2D eigenvalue weighted by Crippen LogP contribution is 2.35. The van der Waals surface area contributed by atoms with Crippen molar-refractivity contribution in [2.75, 3.05) is 0 Å². The molecule has 1 N–H and O–H groups in total. The smallest absolute Gasteiger partial charge is 0.221 e. The van der Waals surface area contributed by atoms with Gasteiger partial charge in [-0.1, -0.05) is 18.2 Å². The summed E-state index contributed by atoms with van der Waals surface area (Å²) in [6.45, 7) is 1.94. The zero-order chi connectivity index (χ0) is 19.7. The van der Waals surface area contributed by atoms with Crippen molar-refractivity contribution in [3.8, 4) is 17.6 Å². The van der Waals surface area contributed by atoms with E-state index in [1.165, 1.54) is 0 Å². The van der Waals surface area contributed by atoms with Gasteiger partial charge in [-0.05, 0) is 48.7 Å².